The van der Waals surface area contributed by atoms with Crippen molar-refractivity contribution in [3.8, 4) is 0 Å². The van der Waals surface area contributed by atoms with Gasteiger partial charge in [-0.3, -0.25) is 0 Å². The zero-order valence-corrected chi connectivity index (χ0v) is 8.52. The Labute approximate surface area is 97.5 Å². The Morgan fingerprint density at radius 1 is 0.842 bits per heavy atom. The van der Waals surface area contributed by atoms with Gasteiger partial charge >= 0.3 is 24.3 Å². The van der Waals surface area contributed by atoms with Crippen molar-refractivity contribution >= 4 is 0 Å². The summed E-state index contributed by atoms with van der Waals surface area (Å²) in [4.78, 5) is -1.39. The lowest BCUT2D eigenvalue weighted by atomic mass is 9.96. The first-order chi connectivity index (χ1) is 8.15. The summed E-state index contributed by atoms with van der Waals surface area (Å²) in [7, 11) is 0. The first-order valence-corrected chi connectivity index (χ1v) is 4.38. The highest BCUT2D eigenvalue weighted by Crippen LogP contribution is 2.60. The summed E-state index contributed by atoms with van der Waals surface area (Å²) in [6, 6.07) is 0. The van der Waals surface area contributed by atoms with Crippen LogP contribution in [0.15, 0.2) is 0 Å². The topological polar surface area (TPSA) is 3.01 Å². The summed E-state index contributed by atoms with van der Waals surface area (Å²) in [6.45, 7) is -4.68. The van der Waals surface area contributed by atoms with E-state index in [2.05, 4.69) is 0 Å². The van der Waals surface area contributed by atoms with E-state index in [0.717, 1.165) is 0 Å². The molecule has 114 valence electrons. The summed E-state index contributed by atoms with van der Waals surface area (Å²) in [5.74, 6) is -13.0. The fraction of sp³-hybridized carbons (Fsp3) is 1.00. The Balaban J connectivity index is 3.21. The third-order valence-electron chi connectivity index (χ3n) is 2.69. The molecule has 1 fully saturated rings. The second kappa shape index (κ2) is 3.85. The number of rotatable bonds is 3. The molecule has 12 heteroatoms. The molecule has 0 saturated carbocycles. The molecule has 2 atom stereocenters. The highest BCUT2D eigenvalue weighted by Gasteiger charge is 2.87. The maximum Gasteiger partial charge on any atom is 0.460 e. The molecule has 0 bridgehead atoms. The average molecular weight is 311 g/mol. The molecule has 1 heterocycles. The second-order valence-corrected chi connectivity index (χ2v) is 3.87. The molecule has 1 aliphatic heterocycles. The highest BCUT2D eigenvalue weighted by atomic mass is 19.4. The predicted octanol–water partition coefficient (Wildman–Crippen LogP) is 3.36. The van der Waals surface area contributed by atoms with E-state index < -0.39 is 48.0 Å². The monoisotopic (exact) mass is 311 g/mol. The van der Waals surface area contributed by atoms with Crippen LogP contribution < -0.4 is 0 Å². The van der Waals surface area contributed by atoms with Crippen molar-refractivity contribution in [2.45, 2.75) is 29.9 Å². The van der Waals surface area contributed by atoms with Crippen LogP contribution in [0.25, 0.3) is 0 Å². The van der Waals surface area contributed by atoms with Crippen LogP contribution in [0, 0.1) is 0 Å². The average Bonchev–Trinajstić information content (AvgIpc) is 2.90. The number of alkyl halides is 11. The molecule has 1 rings (SSSR count). The van der Waals surface area contributed by atoms with E-state index >= 15 is 0 Å². The molecule has 1 aliphatic rings. The molecule has 0 aromatic carbocycles. The SMILES string of the molecule is FC[C@@]1(C(F)(F)C(F)(F)C(F)(F)F)CN1C(F)(F)F. The predicted molar refractivity (Wildman–Crippen MR) is 37.4 cm³/mol. The zero-order chi connectivity index (χ0) is 15.5. The summed E-state index contributed by atoms with van der Waals surface area (Å²) < 4.78 is 135. The Kier molecular flexibility index (Phi) is 3.30. The molecule has 0 aromatic rings. The molecule has 1 unspecified atom stereocenters. The molecule has 0 radical (unpaired) electrons. The van der Waals surface area contributed by atoms with Crippen LogP contribution in [0.3, 0.4) is 0 Å². The van der Waals surface area contributed by atoms with Crippen LogP contribution in [0.5, 0.6) is 0 Å². The van der Waals surface area contributed by atoms with Crippen molar-refractivity contribution in [2.24, 2.45) is 0 Å². The lowest BCUT2D eigenvalue weighted by Gasteiger charge is -2.33. The molecule has 0 spiro atoms. The summed E-state index contributed by atoms with van der Waals surface area (Å²) in [5, 5.41) is 0. The van der Waals surface area contributed by atoms with E-state index in [1.165, 1.54) is 0 Å². The van der Waals surface area contributed by atoms with Crippen LogP contribution in [-0.4, -0.2) is 48.0 Å². The maximum absolute atomic E-state index is 13.1. The van der Waals surface area contributed by atoms with E-state index in [1.54, 1.807) is 0 Å². The van der Waals surface area contributed by atoms with Crippen LogP contribution >= 0.6 is 0 Å². The Morgan fingerprint density at radius 2 is 1.26 bits per heavy atom. The highest BCUT2D eigenvalue weighted by molar-refractivity contribution is 5.21. The normalized spacial score (nSPS) is 29.5. The van der Waals surface area contributed by atoms with Gasteiger partial charge in [-0.15, -0.1) is 0 Å². The summed E-state index contributed by atoms with van der Waals surface area (Å²) in [5.41, 5.74) is -4.23. The Morgan fingerprint density at radius 3 is 1.47 bits per heavy atom. The summed E-state index contributed by atoms with van der Waals surface area (Å²) in [6.07, 6.45) is -12.4. The minimum absolute atomic E-state index is 1.39. The molecular formula is C7H4F11N. The lowest BCUT2D eigenvalue weighted by Crippen LogP contribution is -2.62. The third kappa shape index (κ3) is 2.03. The number of hydrogen-bond acceptors (Lipinski definition) is 1. The van der Waals surface area contributed by atoms with Gasteiger partial charge in [0.05, 0.1) is 0 Å². The summed E-state index contributed by atoms with van der Waals surface area (Å²) >= 11 is 0. The number of hydrogen-bond donors (Lipinski definition) is 0. The quantitative estimate of drug-likeness (QED) is 0.439. The number of halogens is 11. The fourth-order valence-electron chi connectivity index (χ4n) is 1.50. The van der Waals surface area contributed by atoms with Gasteiger partial charge in [0, 0.05) is 6.54 Å². The molecule has 0 amide bonds. The van der Waals surface area contributed by atoms with Gasteiger partial charge in [0.15, 0.2) is 0 Å². The van der Waals surface area contributed by atoms with Crippen LogP contribution in [-0.2, 0) is 0 Å². The lowest BCUT2D eigenvalue weighted by molar-refractivity contribution is -0.370. The van der Waals surface area contributed by atoms with E-state index in [9.17, 15) is 48.3 Å². The number of nitrogens with zero attached hydrogens (tertiary/aromatic N) is 1. The maximum atomic E-state index is 13.1. The van der Waals surface area contributed by atoms with Crippen molar-refractivity contribution in [3.05, 3.63) is 0 Å². The van der Waals surface area contributed by atoms with Crippen LogP contribution in [0.4, 0.5) is 48.3 Å². The Bertz CT molecular complexity index is 355. The van der Waals surface area contributed by atoms with E-state index in [1.807, 2.05) is 0 Å². The van der Waals surface area contributed by atoms with Gasteiger partial charge in [0.25, 0.3) is 0 Å². The van der Waals surface area contributed by atoms with Crippen molar-refractivity contribution in [1.29, 1.82) is 0 Å². The van der Waals surface area contributed by atoms with E-state index in [0.29, 0.717) is 0 Å². The molecule has 0 aromatic heterocycles. The van der Waals surface area contributed by atoms with E-state index in [-0.39, 0.29) is 0 Å². The van der Waals surface area contributed by atoms with Gasteiger partial charge in [0.2, 0.25) is 0 Å². The zero-order valence-electron chi connectivity index (χ0n) is 8.52. The molecule has 19 heavy (non-hydrogen) atoms. The molecule has 0 N–H and O–H groups in total. The first-order valence-electron chi connectivity index (χ1n) is 4.38. The van der Waals surface area contributed by atoms with Gasteiger partial charge in [-0.2, -0.15) is 48.8 Å². The molecule has 1 saturated heterocycles. The minimum atomic E-state index is -6.81. The second-order valence-electron chi connectivity index (χ2n) is 3.87. The molecule has 0 aliphatic carbocycles. The first kappa shape index (κ1) is 16.2. The van der Waals surface area contributed by atoms with Gasteiger partial charge in [-0.25, -0.2) is 4.39 Å². The minimum Gasteiger partial charge on any atom is -0.249 e. The van der Waals surface area contributed by atoms with Gasteiger partial charge < -0.3 is 0 Å². The van der Waals surface area contributed by atoms with E-state index in [4.69, 9.17) is 0 Å². The van der Waals surface area contributed by atoms with Crippen LogP contribution in [0.2, 0.25) is 0 Å². The van der Waals surface area contributed by atoms with Crippen molar-refractivity contribution in [1.82, 2.24) is 4.90 Å². The van der Waals surface area contributed by atoms with Crippen molar-refractivity contribution in [2.75, 3.05) is 13.2 Å². The molecular weight excluding hydrogens is 307 g/mol. The Hall–Kier alpha value is -0.810. The van der Waals surface area contributed by atoms with Gasteiger partial charge in [-0.05, 0) is 0 Å². The fourth-order valence-corrected chi connectivity index (χ4v) is 1.50. The largest absolute Gasteiger partial charge is 0.460 e. The molecule has 1 nitrogen and oxygen atoms in total. The van der Waals surface area contributed by atoms with Gasteiger partial charge in [0.1, 0.15) is 12.2 Å². The van der Waals surface area contributed by atoms with Crippen LogP contribution in [0.1, 0.15) is 0 Å². The van der Waals surface area contributed by atoms with Crippen molar-refractivity contribution in [3.63, 3.8) is 0 Å². The standard InChI is InChI=1S/C7H4F11N/c8-1-3(2-19(3)7(16,17)18)4(9,10)5(11,12)6(13,14)15/h1-2H2/t3-,19?/m0/s1. The third-order valence-corrected chi connectivity index (χ3v) is 2.69. The van der Waals surface area contributed by atoms with Gasteiger partial charge in [-0.1, -0.05) is 0 Å². The van der Waals surface area contributed by atoms with Crippen molar-refractivity contribution < 1.29 is 48.3 Å². The smallest absolute Gasteiger partial charge is 0.249 e.